The number of hydrogen-bond donors (Lipinski definition) is 3. The zero-order valence-electron chi connectivity index (χ0n) is 12.6. The molecule has 0 bridgehead atoms. The Morgan fingerprint density at radius 3 is 2.43 bits per heavy atom. The van der Waals surface area contributed by atoms with Crippen molar-refractivity contribution in [1.82, 2.24) is 10.6 Å². The summed E-state index contributed by atoms with van der Waals surface area (Å²) in [5.41, 5.74) is 0. The van der Waals surface area contributed by atoms with Crippen LogP contribution in [0.1, 0.15) is 51.4 Å². The average Bonchev–Trinajstić information content (AvgIpc) is 2.92. The van der Waals surface area contributed by atoms with Crippen molar-refractivity contribution in [3.05, 3.63) is 0 Å². The SMILES string of the molecule is CSC1CCCC1NC(=O)NC(C(=O)O)C1CCCCC1. The average molecular weight is 314 g/mol. The standard InChI is InChI=1S/C15H26N2O3S/c1-21-12-9-5-8-11(12)16-15(20)17-13(14(18)19)10-6-3-2-4-7-10/h10-13H,2-9H2,1H3,(H,18,19)(H2,16,17,20). The molecular weight excluding hydrogens is 288 g/mol. The Morgan fingerprint density at radius 1 is 1.10 bits per heavy atom. The maximum atomic E-state index is 12.1. The number of amides is 2. The van der Waals surface area contributed by atoms with Gasteiger partial charge in [-0.3, -0.25) is 0 Å². The van der Waals surface area contributed by atoms with Crippen LogP contribution in [0, 0.1) is 5.92 Å². The summed E-state index contributed by atoms with van der Waals surface area (Å²) >= 11 is 1.78. The van der Waals surface area contributed by atoms with E-state index in [9.17, 15) is 14.7 Å². The lowest BCUT2D eigenvalue weighted by Crippen LogP contribution is -2.53. The summed E-state index contributed by atoms with van der Waals surface area (Å²) in [6.45, 7) is 0. The Bertz CT molecular complexity index is 372. The largest absolute Gasteiger partial charge is 0.480 e. The Hall–Kier alpha value is -0.910. The molecule has 2 saturated carbocycles. The van der Waals surface area contributed by atoms with Crippen molar-refractivity contribution in [3.63, 3.8) is 0 Å². The third-order valence-corrected chi connectivity index (χ3v) is 5.92. The van der Waals surface area contributed by atoms with Gasteiger partial charge in [0.15, 0.2) is 0 Å². The van der Waals surface area contributed by atoms with E-state index in [-0.39, 0.29) is 18.0 Å². The third kappa shape index (κ3) is 4.53. The summed E-state index contributed by atoms with van der Waals surface area (Å²) in [5.74, 6) is -0.841. The van der Waals surface area contributed by atoms with Gasteiger partial charge in [0.05, 0.1) is 0 Å². The lowest BCUT2D eigenvalue weighted by Gasteiger charge is -2.29. The zero-order valence-corrected chi connectivity index (χ0v) is 13.5. The molecule has 0 aromatic carbocycles. The Kier molecular flexibility index (Phi) is 6.21. The van der Waals surface area contributed by atoms with Crippen molar-refractivity contribution in [2.75, 3.05) is 6.26 Å². The Morgan fingerprint density at radius 2 is 1.81 bits per heavy atom. The summed E-state index contributed by atoms with van der Waals surface area (Å²) in [7, 11) is 0. The smallest absolute Gasteiger partial charge is 0.326 e. The summed E-state index contributed by atoms with van der Waals surface area (Å²) in [5, 5.41) is 15.5. The highest BCUT2D eigenvalue weighted by molar-refractivity contribution is 7.99. The second-order valence-corrected chi connectivity index (χ2v) is 7.22. The van der Waals surface area contributed by atoms with Crippen LogP contribution < -0.4 is 10.6 Å². The van der Waals surface area contributed by atoms with Crippen LogP contribution in [0.4, 0.5) is 4.79 Å². The molecular formula is C15H26N2O3S. The number of rotatable bonds is 5. The summed E-state index contributed by atoms with van der Waals surface area (Å²) in [6, 6.07) is -0.904. The van der Waals surface area contributed by atoms with E-state index in [1.807, 2.05) is 0 Å². The summed E-state index contributed by atoms with van der Waals surface area (Å²) < 4.78 is 0. The highest BCUT2D eigenvalue weighted by atomic mass is 32.2. The first kappa shape index (κ1) is 16.5. The van der Waals surface area contributed by atoms with E-state index in [0.29, 0.717) is 5.25 Å². The number of thioether (sulfide) groups is 1. The van der Waals surface area contributed by atoms with E-state index in [2.05, 4.69) is 16.9 Å². The van der Waals surface area contributed by atoms with Crippen LogP contribution in [0.15, 0.2) is 0 Å². The number of carbonyl (C=O) groups is 2. The van der Waals surface area contributed by atoms with Crippen molar-refractivity contribution in [3.8, 4) is 0 Å². The maximum Gasteiger partial charge on any atom is 0.326 e. The normalized spacial score (nSPS) is 28.0. The molecule has 0 aromatic rings. The fourth-order valence-electron chi connectivity index (χ4n) is 3.57. The summed E-state index contributed by atoms with van der Waals surface area (Å²) in [6.07, 6.45) is 10.4. The van der Waals surface area contributed by atoms with Gasteiger partial charge < -0.3 is 15.7 Å². The topological polar surface area (TPSA) is 78.4 Å². The van der Waals surface area contributed by atoms with Crippen LogP contribution in [0.25, 0.3) is 0 Å². The van der Waals surface area contributed by atoms with E-state index in [0.717, 1.165) is 44.9 Å². The molecule has 2 fully saturated rings. The van der Waals surface area contributed by atoms with Crippen molar-refractivity contribution in [2.45, 2.75) is 68.7 Å². The molecule has 3 atom stereocenters. The van der Waals surface area contributed by atoms with Crippen LogP contribution in [0.3, 0.4) is 0 Å². The van der Waals surface area contributed by atoms with Crippen molar-refractivity contribution >= 4 is 23.8 Å². The lowest BCUT2D eigenvalue weighted by molar-refractivity contribution is -0.141. The number of aliphatic carboxylic acids is 1. The predicted molar refractivity (Wildman–Crippen MR) is 84.6 cm³/mol. The maximum absolute atomic E-state index is 12.1. The molecule has 5 nitrogen and oxygen atoms in total. The molecule has 3 unspecified atom stereocenters. The molecule has 2 aliphatic rings. The fraction of sp³-hybridized carbons (Fsp3) is 0.867. The fourth-order valence-corrected chi connectivity index (χ4v) is 4.51. The number of nitrogens with one attached hydrogen (secondary N) is 2. The van der Waals surface area contributed by atoms with E-state index < -0.39 is 12.0 Å². The molecule has 6 heteroatoms. The van der Waals surface area contributed by atoms with Crippen molar-refractivity contribution < 1.29 is 14.7 Å². The Balaban J connectivity index is 1.87. The minimum absolute atomic E-state index is 0.0712. The van der Waals surface area contributed by atoms with Crippen molar-refractivity contribution in [2.24, 2.45) is 5.92 Å². The molecule has 0 spiro atoms. The second-order valence-electron chi connectivity index (χ2n) is 6.14. The van der Waals surface area contributed by atoms with E-state index in [1.165, 1.54) is 6.42 Å². The third-order valence-electron chi connectivity index (χ3n) is 4.75. The van der Waals surface area contributed by atoms with Gasteiger partial charge in [0, 0.05) is 11.3 Å². The molecule has 0 radical (unpaired) electrons. The van der Waals surface area contributed by atoms with Gasteiger partial charge in [-0.2, -0.15) is 11.8 Å². The van der Waals surface area contributed by atoms with Gasteiger partial charge >= 0.3 is 12.0 Å². The van der Waals surface area contributed by atoms with Gasteiger partial charge in [-0.15, -0.1) is 0 Å². The first-order valence-electron chi connectivity index (χ1n) is 7.94. The quantitative estimate of drug-likeness (QED) is 0.729. The molecule has 0 aliphatic heterocycles. The van der Waals surface area contributed by atoms with Gasteiger partial charge in [-0.25, -0.2) is 9.59 Å². The van der Waals surface area contributed by atoms with Crippen molar-refractivity contribution in [1.29, 1.82) is 0 Å². The molecule has 0 aromatic heterocycles. The molecule has 120 valence electrons. The van der Waals surface area contributed by atoms with Crippen LogP contribution in [0.5, 0.6) is 0 Å². The minimum atomic E-state index is -0.912. The molecule has 0 saturated heterocycles. The Labute approximate surface area is 130 Å². The minimum Gasteiger partial charge on any atom is -0.480 e. The molecule has 3 N–H and O–H groups in total. The first-order chi connectivity index (χ1) is 10.1. The van der Waals surface area contributed by atoms with Crippen LogP contribution in [-0.2, 0) is 4.79 Å². The van der Waals surface area contributed by atoms with Gasteiger partial charge in [0.25, 0.3) is 0 Å². The zero-order chi connectivity index (χ0) is 15.2. The highest BCUT2D eigenvalue weighted by Gasteiger charge is 2.33. The van der Waals surface area contributed by atoms with Gasteiger partial charge in [0.2, 0.25) is 0 Å². The first-order valence-corrected chi connectivity index (χ1v) is 9.23. The van der Waals surface area contributed by atoms with E-state index in [4.69, 9.17) is 0 Å². The predicted octanol–water partition coefficient (Wildman–Crippen LogP) is 2.60. The monoisotopic (exact) mass is 314 g/mol. The number of carboxylic acids is 1. The van der Waals surface area contributed by atoms with E-state index in [1.54, 1.807) is 11.8 Å². The van der Waals surface area contributed by atoms with Crippen LogP contribution in [-0.4, -0.2) is 40.7 Å². The molecule has 2 aliphatic carbocycles. The molecule has 0 heterocycles. The number of urea groups is 1. The highest BCUT2D eigenvalue weighted by Crippen LogP contribution is 2.29. The van der Waals surface area contributed by atoms with Crippen LogP contribution in [0.2, 0.25) is 0 Å². The number of carbonyl (C=O) groups excluding carboxylic acids is 1. The molecule has 2 rings (SSSR count). The summed E-state index contributed by atoms with van der Waals surface area (Å²) in [4.78, 5) is 23.6. The molecule has 2 amide bonds. The number of hydrogen-bond acceptors (Lipinski definition) is 3. The van der Waals surface area contributed by atoms with E-state index >= 15 is 0 Å². The molecule has 21 heavy (non-hydrogen) atoms. The van der Waals surface area contributed by atoms with Gasteiger partial charge in [0.1, 0.15) is 6.04 Å². The number of carboxylic acid groups (broad SMARTS) is 1. The van der Waals surface area contributed by atoms with Gasteiger partial charge in [-0.05, 0) is 37.9 Å². The van der Waals surface area contributed by atoms with Crippen LogP contribution >= 0.6 is 11.8 Å². The lowest BCUT2D eigenvalue weighted by atomic mass is 9.84. The van der Waals surface area contributed by atoms with Gasteiger partial charge in [-0.1, -0.05) is 25.7 Å². The second kappa shape index (κ2) is 7.92.